The smallest absolute Gasteiger partial charge is 0.0897 e. The van der Waals surface area contributed by atoms with Crippen molar-refractivity contribution in [3.63, 3.8) is 0 Å². The first-order valence-corrected chi connectivity index (χ1v) is 6.29. The van der Waals surface area contributed by atoms with Gasteiger partial charge in [-0.3, -0.25) is 4.90 Å². The fourth-order valence-corrected chi connectivity index (χ4v) is 2.77. The second kappa shape index (κ2) is 4.20. The lowest BCUT2D eigenvalue weighted by molar-refractivity contribution is -0.0184. The molecule has 2 heterocycles. The van der Waals surface area contributed by atoms with E-state index in [1.54, 1.807) is 11.3 Å². The van der Waals surface area contributed by atoms with E-state index >= 15 is 0 Å². The number of thiazole rings is 1. The van der Waals surface area contributed by atoms with Crippen LogP contribution >= 0.6 is 11.3 Å². The number of rotatable bonds is 2. The maximum Gasteiger partial charge on any atom is 0.0897 e. The lowest BCUT2D eigenvalue weighted by Crippen LogP contribution is -2.45. The molecule has 3 nitrogen and oxygen atoms in total. The third-order valence-corrected chi connectivity index (χ3v) is 3.63. The number of piperidine rings is 1. The third kappa shape index (κ3) is 3.00. The van der Waals surface area contributed by atoms with Gasteiger partial charge in [0.05, 0.1) is 16.3 Å². The first-order valence-electron chi connectivity index (χ1n) is 5.41. The molecule has 4 heteroatoms. The predicted octanol–water partition coefficient (Wildman–Crippen LogP) is 1.80. The number of nitrogens with zero attached hydrogens (tertiary/aromatic N) is 2. The van der Waals surface area contributed by atoms with E-state index in [9.17, 15) is 5.11 Å². The van der Waals surface area contributed by atoms with Crippen LogP contribution < -0.4 is 0 Å². The lowest BCUT2D eigenvalue weighted by atomic mass is 9.95. The number of hydrogen-bond acceptors (Lipinski definition) is 4. The zero-order valence-corrected chi connectivity index (χ0v) is 10.2. The Labute approximate surface area is 94.8 Å². The van der Waals surface area contributed by atoms with E-state index in [1.165, 1.54) is 0 Å². The molecule has 84 valence electrons. The zero-order valence-electron chi connectivity index (χ0n) is 9.36. The molecule has 0 saturated carbocycles. The number of aliphatic hydroxyl groups is 1. The molecule has 15 heavy (non-hydrogen) atoms. The van der Waals surface area contributed by atoms with Gasteiger partial charge in [0.1, 0.15) is 0 Å². The summed E-state index contributed by atoms with van der Waals surface area (Å²) in [5, 5.41) is 13.2. The van der Waals surface area contributed by atoms with Crippen molar-refractivity contribution in [1.82, 2.24) is 9.88 Å². The third-order valence-electron chi connectivity index (χ3n) is 2.81. The minimum Gasteiger partial charge on any atom is -0.389 e. The molecule has 1 fully saturated rings. The Balaban J connectivity index is 1.95. The number of likely N-dealkylation sites (tertiary alicyclic amines) is 1. The Morgan fingerprint density at radius 3 is 3.07 bits per heavy atom. The summed E-state index contributed by atoms with van der Waals surface area (Å²) in [5.74, 6) is 0. The topological polar surface area (TPSA) is 36.4 Å². The first-order chi connectivity index (χ1) is 7.05. The van der Waals surface area contributed by atoms with Crippen LogP contribution in [0.3, 0.4) is 0 Å². The van der Waals surface area contributed by atoms with E-state index in [1.807, 2.05) is 13.8 Å². The molecule has 0 radical (unpaired) electrons. The second-order valence-electron chi connectivity index (χ2n) is 4.67. The maximum absolute atomic E-state index is 9.97. The van der Waals surface area contributed by atoms with Crippen molar-refractivity contribution in [2.24, 2.45) is 0 Å². The quantitative estimate of drug-likeness (QED) is 0.835. The van der Waals surface area contributed by atoms with Gasteiger partial charge >= 0.3 is 0 Å². The van der Waals surface area contributed by atoms with Gasteiger partial charge in [0.15, 0.2) is 0 Å². The summed E-state index contributed by atoms with van der Waals surface area (Å²) in [7, 11) is 0. The molecule has 1 unspecified atom stereocenters. The van der Waals surface area contributed by atoms with Crippen molar-refractivity contribution in [2.75, 3.05) is 13.1 Å². The van der Waals surface area contributed by atoms with Gasteiger partial charge in [0, 0.05) is 18.5 Å². The number of hydrogen-bond donors (Lipinski definition) is 1. The van der Waals surface area contributed by atoms with E-state index in [2.05, 4.69) is 15.3 Å². The van der Waals surface area contributed by atoms with E-state index in [0.29, 0.717) is 0 Å². The molecule has 1 atom stereocenters. The van der Waals surface area contributed by atoms with Gasteiger partial charge in [0.25, 0.3) is 0 Å². The van der Waals surface area contributed by atoms with E-state index in [-0.39, 0.29) is 0 Å². The molecule has 2 rings (SSSR count). The van der Waals surface area contributed by atoms with Crippen molar-refractivity contribution in [2.45, 2.75) is 38.8 Å². The molecule has 0 amide bonds. The minimum atomic E-state index is -0.511. The van der Waals surface area contributed by atoms with Crippen LogP contribution in [0.5, 0.6) is 0 Å². The van der Waals surface area contributed by atoms with Crippen LogP contribution in [-0.4, -0.2) is 33.7 Å². The monoisotopic (exact) mass is 226 g/mol. The van der Waals surface area contributed by atoms with Crippen LogP contribution in [0.25, 0.3) is 0 Å². The molecule has 1 aliphatic rings. The molecule has 0 spiro atoms. The maximum atomic E-state index is 9.97. The fourth-order valence-electron chi connectivity index (χ4n) is 2.17. The Kier molecular flexibility index (Phi) is 3.09. The van der Waals surface area contributed by atoms with Crippen LogP contribution in [0.4, 0.5) is 0 Å². The lowest BCUT2D eigenvalue weighted by Gasteiger charge is -2.36. The van der Waals surface area contributed by atoms with Gasteiger partial charge in [-0.1, -0.05) is 0 Å². The van der Waals surface area contributed by atoms with Crippen molar-refractivity contribution in [3.05, 3.63) is 16.1 Å². The molecule has 0 bridgehead atoms. The number of β-amino-alcohol motifs (C(OH)–C–C–N with tert-alkyl or cyclic N) is 1. The molecule has 0 aliphatic carbocycles. The van der Waals surface area contributed by atoms with Crippen LogP contribution in [-0.2, 0) is 6.54 Å². The summed E-state index contributed by atoms with van der Waals surface area (Å²) in [6, 6.07) is 0. The van der Waals surface area contributed by atoms with Gasteiger partial charge in [0.2, 0.25) is 0 Å². The Morgan fingerprint density at radius 2 is 2.47 bits per heavy atom. The summed E-state index contributed by atoms with van der Waals surface area (Å²) < 4.78 is 0. The highest BCUT2D eigenvalue weighted by atomic mass is 32.1. The van der Waals surface area contributed by atoms with E-state index < -0.39 is 5.60 Å². The van der Waals surface area contributed by atoms with Crippen LogP contribution in [0, 0.1) is 6.92 Å². The van der Waals surface area contributed by atoms with Gasteiger partial charge in [-0.15, -0.1) is 11.3 Å². The molecule has 1 saturated heterocycles. The normalized spacial score (nSPS) is 28.2. The van der Waals surface area contributed by atoms with Gasteiger partial charge in [-0.2, -0.15) is 0 Å². The second-order valence-corrected chi connectivity index (χ2v) is 5.73. The molecule has 1 aromatic heterocycles. The predicted molar refractivity (Wildman–Crippen MR) is 62.0 cm³/mol. The molecular weight excluding hydrogens is 208 g/mol. The first kappa shape index (κ1) is 11.0. The summed E-state index contributed by atoms with van der Waals surface area (Å²) in [5.41, 5.74) is 0.624. The van der Waals surface area contributed by atoms with Crippen LogP contribution in [0.1, 0.15) is 30.5 Å². The standard InChI is InChI=1S/C11H18N2OS/c1-9-12-10(7-15-9)6-13-5-3-4-11(2,14)8-13/h7,14H,3-6,8H2,1-2H3. The largest absolute Gasteiger partial charge is 0.389 e. The summed E-state index contributed by atoms with van der Waals surface area (Å²) >= 11 is 1.69. The molecule has 1 N–H and O–H groups in total. The van der Waals surface area contributed by atoms with Crippen molar-refractivity contribution >= 4 is 11.3 Å². The van der Waals surface area contributed by atoms with Crippen LogP contribution in [0.15, 0.2) is 5.38 Å². The summed E-state index contributed by atoms with van der Waals surface area (Å²) in [4.78, 5) is 6.74. The Hall–Kier alpha value is -0.450. The zero-order chi connectivity index (χ0) is 10.9. The van der Waals surface area contributed by atoms with Gasteiger partial charge in [-0.25, -0.2) is 4.98 Å². The fraction of sp³-hybridized carbons (Fsp3) is 0.727. The highest BCUT2D eigenvalue weighted by Gasteiger charge is 2.28. The Bertz CT molecular complexity index is 335. The average Bonchev–Trinajstić information content (AvgIpc) is 2.49. The van der Waals surface area contributed by atoms with Crippen molar-refractivity contribution in [1.29, 1.82) is 0 Å². The summed E-state index contributed by atoms with van der Waals surface area (Å²) in [6.45, 7) is 6.67. The van der Waals surface area contributed by atoms with Gasteiger partial charge in [-0.05, 0) is 33.2 Å². The Morgan fingerprint density at radius 1 is 1.67 bits per heavy atom. The van der Waals surface area contributed by atoms with Crippen LogP contribution in [0.2, 0.25) is 0 Å². The highest BCUT2D eigenvalue weighted by Crippen LogP contribution is 2.22. The SMILES string of the molecule is Cc1nc(CN2CCCC(C)(O)C2)cs1. The van der Waals surface area contributed by atoms with Crippen molar-refractivity contribution < 1.29 is 5.11 Å². The number of aromatic nitrogens is 1. The minimum absolute atomic E-state index is 0.511. The number of aryl methyl sites for hydroxylation is 1. The molecule has 1 aliphatic heterocycles. The van der Waals surface area contributed by atoms with Crippen molar-refractivity contribution in [3.8, 4) is 0 Å². The van der Waals surface area contributed by atoms with Gasteiger partial charge < -0.3 is 5.11 Å². The van der Waals surface area contributed by atoms with E-state index in [0.717, 1.165) is 43.2 Å². The summed E-state index contributed by atoms with van der Waals surface area (Å²) in [6.07, 6.45) is 2.00. The molecule has 0 aromatic carbocycles. The highest BCUT2D eigenvalue weighted by molar-refractivity contribution is 7.09. The molecular formula is C11H18N2OS. The molecule has 1 aromatic rings. The van der Waals surface area contributed by atoms with E-state index in [4.69, 9.17) is 0 Å². The average molecular weight is 226 g/mol.